The molecule has 0 N–H and O–H groups in total. The van der Waals surface area contributed by atoms with Gasteiger partial charge in [0.05, 0.1) is 29.8 Å². The van der Waals surface area contributed by atoms with Crippen molar-refractivity contribution in [2.45, 2.75) is 47.8 Å². The molecule has 2 fully saturated rings. The molecule has 7 heteroatoms. The molecule has 6 atom stereocenters. The van der Waals surface area contributed by atoms with Gasteiger partial charge in [-0.15, -0.1) is 0 Å². The van der Waals surface area contributed by atoms with Crippen LogP contribution in [0.25, 0.3) is 0 Å². The van der Waals surface area contributed by atoms with Gasteiger partial charge in [0.2, 0.25) is 0 Å². The lowest BCUT2D eigenvalue weighted by atomic mass is 9.69. The highest BCUT2D eigenvalue weighted by Crippen LogP contribution is 2.58. The van der Waals surface area contributed by atoms with Crippen molar-refractivity contribution < 1.29 is 27.8 Å². The molecule has 0 saturated heterocycles. The van der Waals surface area contributed by atoms with Gasteiger partial charge in [-0.3, -0.25) is 9.59 Å². The number of ether oxygens (including phenoxy) is 2. The predicted octanol–water partition coefficient (Wildman–Crippen LogP) is 7.29. The van der Waals surface area contributed by atoms with E-state index in [1.807, 2.05) is 6.92 Å². The van der Waals surface area contributed by atoms with E-state index in [9.17, 15) is 18.4 Å². The van der Waals surface area contributed by atoms with E-state index >= 15 is 0 Å². The summed E-state index contributed by atoms with van der Waals surface area (Å²) in [7, 11) is 1.27. The first-order valence-corrected chi connectivity index (χ1v) is 14.9. The molecule has 0 amide bonds. The number of halogens is 2. The number of methoxy groups -OCH3 is 1. The Bertz CT molecular complexity index is 1160. The van der Waals surface area contributed by atoms with Crippen molar-refractivity contribution in [1.29, 1.82) is 0 Å². The number of fused-ring (bicyclic) bond motifs is 2. The fourth-order valence-electron chi connectivity index (χ4n) is 6.15. The largest absolute Gasteiger partial charge is 0.469 e. The quantitative estimate of drug-likeness (QED) is 0.222. The average molecular weight is 568 g/mol. The smallest absolute Gasteiger partial charge is 0.310 e. The standard InChI is InChI=1S/C18H15S.C15H22F2O4/c1-4-10-16(11-5-1)19(17-12-6-2-7-13-17)18-14-8-3-9-15-18;1-7-8(2)10-5-9(7)11(13(18)20-4)12(10)14(19)21-6-15(3,16)17/h1-15H;7-12H,5-6H2,1-4H3/q+1;. The molecule has 0 aliphatic heterocycles. The van der Waals surface area contributed by atoms with Crippen molar-refractivity contribution >= 4 is 22.8 Å². The van der Waals surface area contributed by atoms with Crippen LogP contribution in [0.3, 0.4) is 0 Å². The Hall–Kier alpha value is -3.19. The lowest BCUT2D eigenvalue weighted by molar-refractivity contribution is -0.170. The summed E-state index contributed by atoms with van der Waals surface area (Å²) >= 11 is 0. The van der Waals surface area contributed by atoms with Crippen molar-refractivity contribution in [3.8, 4) is 0 Å². The summed E-state index contributed by atoms with van der Waals surface area (Å²) in [5.74, 6) is -4.76. The van der Waals surface area contributed by atoms with Crippen molar-refractivity contribution in [1.82, 2.24) is 0 Å². The van der Waals surface area contributed by atoms with E-state index in [2.05, 4.69) is 97.9 Å². The van der Waals surface area contributed by atoms with Gasteiger partial charge in [-0.1, -0.05) is 68.4 Å². The minimum Gasteiger partial charge on any atom is -0.469 e. The van der Waals surface area contributed by atoms with Crippen LogP contribution in [-0.2, 0) is 30.0 Å². The first-order chi connectivity index (χ1) is 19.1. The summed E-state index contributed by atoms with van der Waals surface area (Å²) in [4.78, 5) is 28.3. The van der Waals surface area contributed by atoms with E-state index in [0.29, 0.717) is 12.8 Å². The molecule has 2 aliphatic rings. The van der Waals surface area contributed by atoms with Crippen LogP contribution < -0.4 is 0 Å². The van der Waals surface area contributed by atoms with E-state index in [-0.39, 0.29) is 28.6 Å². The second kappa shape index (κ2) is 13.0. The van der Waals surface area contributed by atoms with Gasteiger partial charge in [0.15, 0.2) is 21.3 Å². The molecule has 40 heavy (non-hydrogen) atoms. The summed E-state index contributed by atoms with van der Waals surface area (Å²) in [6.07, 6.45) is 0.754. The number of esters is 2. The van der Waals surface area contributed by atoms with E-state index < -0.39 is 36.3 Å². The molecule has 3 aromatic rings. The molecule has 4 nitrogen and oxygen atoms in total. The molecule has 2 saturated carbocycles. The number of hydrogen-bond acceptors (Lipinski definition) is 4. The number of carbonyl (C=O) groups is 2. The Morgan fingerprint density at radius 2 is 1.12 bits per heavy atom. The first kappa shape index (κ1) is 29.8. The Morgan fingerprint density at radius 1 is 0.750 bits per heavy atom. The molecule has 0 spiro atoms. The molecule has 3 aromatic carbocycles. The van der Waals surface area contributed by atoms with Gasteiger partial charge in [-0.05, 0) is 66.5 Å². The Morgan fingerprint density at radius 3 is 1.48 bits per heavy atom. The van der Waals surface area contributed by atoms with E-state index in [1.165, 1.54) is 21.8 Å². The fourth-order valence-corrected chi connectivity index (χ4v) is 8.26. The normalized spacial score (nSPS) is 25.2. The molecule has 2 aliphatic carbocycles. The molecule has 6 unspecified atom stereocenters. The van der Waals surface area contributed by atoms with Gasteiger partial charge in [0.1, 0.15) is 0 Å². The molecule has 212 valence electrons. The van der Waals surface area contributed by atoms with Crippen LogP contribution in [0, 0.1) is 35.5 Å². The zero-order chi connectivity index (χ0) is 28.9. The van der Waals surface area contributed by atoms with Gasteiger partial charge in [-0.25, -0.2) is 8.78 Å². The summed E-state index contributed by atoms with van der Waals surface area (Å²) in [5, 5.41) is 0. The van der Waals surface area contributed by atoms with Gasteiger partial charge in [0, 0.05) is 6.92 Å². The van der Waals surface area contributed by atoms with E-state index in [1.54, 1.807) is 0 Å². The molecular formula is C33H37F2O4S+. The molecule has 0 radical (unpaired) electrons. The zero-order valence-corrected chi connectivity index (χ0v) is 24.2. The van der Waals surface area contributed by atoms with E-state index in [4.69, 9.17) is 9.47 Å². The number of rotatable bonds is 7. The minimum atomic E-state index is -3.06. The highest BCUT2D eigenvalue weighted by molar-refractivity contribution is 7.97. The highest BCUT2D eigenvalue weighted by Gasteiger charge is 2.60. The third kappa shape index (κ3) is 6.74. The van der Waals surface area contributed by atoms with Crippen LogP contribution in [0.2, 0.25) is 0 Å². The Balaban J connectivity index is 0.000000186. The maximum atomic E-state index is 12.8. The van der Waals surface area contributed by atoms with Crippen LogP contribution >= 0.6 is 0 Å². The number of hydrogen-bond donors (Lipinski definition) is 0. The van der Waals surface area contributed by atoms with Gasteiger partial charge in [0.25, 0.3) is 5.92 Å². The molecule has 0 aromatic heterocycles. The topological polar surface area (TPSA) is 52.6 Å². The fraction of sp³-hybridized carbons (Fsp3) is 0.394. The number of benzene rings is 3. The van der Waals surface area contributed by atoms with Crippen molar-refractivity contribution in [2.24, 2.45) is 35.5 Å². The van der Waals surface area contributed by atoms with Gasteiger partial charge < -0.3 is 9.47 Å². The Kier molecular flexibility index (Phi) is 9.67. The van der Waals surface area contributed by atoms with Crippen LogP contribution in [0.5, 0.6) is 0 Å². The second-order valence-electron chi connectivity index (χ2n) is 10.8. The summed E-state index contributed by atoms with van der Waals surface area (Å²) in [6.45, 7) is 3.85. The number of alkyl halides is 2. The third-order valence-electron chi connectivity index (χ3n) is 8.18. The lowest BCUT2D eigenvalue weighted by Gasteiger charge is -2.35. The van der Waals surface area contributed by atoms with Crippen LogP contribution in [0.1, 0.15) is 27.2 Å². The average Bonchev–Trinajstić information content (AvgIpc) is 3.49. The zero-order valence-electron chi connectivity index (χ0n) is 23.3. The molecule has 2 bridgehead atoms. The van der Waals surface area contributed by atoms with Gasteiger partial charge >= 0.3 is 11.9 Å². The third-order valence-corrected chi connectivity index (χ3v) is 10.4. The second-order valence-corrected chi connectivity index (χ2v) is 12.8. The maximum Gasteiger partial charge on any atom is 0.310 e. The Labute approximate surface area is 238 Å². The molecular weight excluding hydrogens is 530 g/mol. The SMILES string of the molecule is COC(=O)C1C2CC(C(C)C2C)C1C(=O)OCC(C)(F)F.c1ccc([S+](c2ccccc2)c2ccccc2)cc1. The summed E-state index contributed by atoms with van der Waals surface area (Å²) in [5.41, 5.74) is 0. The lowest BCUT2D eigenvalue weighted by Crippen LogP contribution is -2.42. The predicted molar refractivity (Wildman–Crippen MR) is 152 cm³/mol. The maximum absolute atomic E-state index is 12.8. The van der Waals surface area contributed by atoms with Crippen LogP contribution in [0.4, 0.5) is 8.78 Å². The highest BCUT2D eigenvalue weighted by atomic mass is 32.2. The summed E-state index contributed by atoms with van der Waals surface area (Å²) in [6, 6.07) is 32.2. The van der Waals surface area contributed by atoms with Crippen LogP contribution in [0.15, 0.2) is 106 Å². The molecule has 0 heterocycles. The number of carbonyl (C=O) groups excluding carboxylic acids is 2. The summed E-state index contributed by atoms with van der Waals surface area (Å²) < 4.78 is 35.3. The van der Waals surface area contributed by atoms with Crippen molar-refractivity contribution in [3.63, 3.8) is 0 Å². The van der Waals surface area contributed by atoms with Crippen molar-refractivity contribution in [3.05, 3.63) is 91.0 Å². The first-order valence-electron chi connectivity index (χ1n) is 13.6. The van der Waals surface area contributed by atoms with Crippen molar-refractivity contribution in [2.75, 3.05) is 13.7 Å². The molecule has 5 rings (SSSR count). The van der Waals surface area contributed by atoms with Crippen LogP contribution in [-0.4, -0.2) is 31.6 Å². The van der Waals surface area contributed by atoms with Gasteiger partial charge in [-0.2, -0.15) is 0 Å². The monoisotopic (exact) mass is 567 g/mol. The van der Waals surface area contributed by atoms with E-state index in [0.717, 1.165) is 6.42 Å². The minimum absolute atomic E-state index is 0.00655.